The Morgan fingerprint density at radius 1 is 1.07 bits per heavy atom. The Morgan fingerprint density at radius 3 is 2.27 bits per heavy atom. The average molecular weight is 206 g/mol. The van der Waals surface area contributed by atoms with Gasteiger partial charge in [-0.2, -0.15) is 4.57 Å². The summed E-state index contributed by atoms with van der Waals surface area (Å²) in [6.07, 6.45) is 1.44. The molecule has 0 bridgehead atoms. The van der Waals surface area contributed by atoms with Gasteiger partial charge in [0.2, 0.25) is 0 Å². The first-order valence-electron chi connectivity index (χ1n) is 4.05. The van der Waals surface area contributed by atoms with Gasteiger partial charge in [0.1, 0.15) is 5.82 Å². The summed E-state index contributed by atoms with van der Waals surface area (Å²) >= 11 is 0. The summed E-state index contributed by atoms with van der Waals surface area (Å²) < 4.78 is 0.737. The maximum atomic E-state index is 11.3. The highest BCUT2D eigenvalue weighted by Crippen LogP contribution is 1.93. The molecule has 2 N–H and O–H groups in total. The van der Waals surface area contributed by atoms with E-state index in [0.717, 1.165) is 4.57 Å². The van der Waals surface area contributed by atoms with Crippen LogP contribution in [0, 0.1) is 0 Å². The Kier molecular flexibility index (Phi) is 2.05. The highest BCUT2D eigenvalue weighted by molar-refractivity contribution is 5.19. The molecule has 0 unspecified atom stereocenters. The molecule has 0 aliphatic rings. The second-order valence-corrected chi connectivity index (χ2v) is 2.71. The quantitative estimate of drug-likeness (QED) is 0.599. The standard InChI is InChI=1S/C8H6N4O3/c13-6-10-7(14)12(8(15)11-6)5-3-1-2-4-9-5/h1-4H,(H2,10,11,13,14,15). The molecule has 0 amide bonds. The van der Waals surface area contributed by atoms with Crippen LogP contribution >= 0.6 is 0 Å². The van der Waals surface area contributed by atoms with E-state index in [1.165, 1.54) is 12.3 Å². The minimum atomic E-state index is -0.836. The van der Waals surface area contributed by atoms with Crippen LogP contribution in [0.25, 0.3) is 5.82 Å². The van der Waals surface area contributed by atoms with Gasteiger partial charge in [0, 0.05) is 6.20 Å². The molecule has 15 heavy (non-hydrogen) atoms. The molecule has 0 radical (unpaired) electrons. The van der Waals surface area contributed by atoms with E-state index in [9.17, 15) is 14.4 Å². The molecule has 0 aliphatic carbocycles. The second-order valence-electron chi connectivity index (χ2n) is 2.71. The largest absolute Gasteiger partial charge is 0.339 e. The highest BCUT2D eigenvalue weighted by Gasteiger charge is 2.05. The number of hydrogen-bond donors (Lipinski definition) is 2. The zero-order valence-corrected chi connectivity index (χ0v) is 7.43. The van der Waals surface area contributed by atoms with Crippen LogP contribution in [-0.4, -0.2) is 19.5 Å². The van der Waals surface area contributed by atoms with Gasteiger partial charge < -0.3 is 0 Å². The first kappa shape index (κ1) is 9.13. The number of hydrogen-bond acceptors (Lipinski definition) is 4. The van der Waals surface area contributed by atoms with Gasteiger partial charge in [-0.25, -0.2) is 19.4 Å². The number of aromatic amines is 2. The number of aromatic nitrogens is 4. The lowest BCUT2D eigenvalue weighted by atomic mass is 10.4. The molecule has 0 saturated heterocycles. The van der Waals surface area contributed by atoms with Gasteiger partial charge in [-0.15, -0.1) is 0 Å². The van der Waals surface area contributed by atoms with Crippen LogP contribution in [0.2, 0.25) is 0 Å². The third-order valence-electron chi connectivity index (χ3n) is 1.73. The predicted molar refractivity (Wildman–Crippen MR) is 51.1 cm³/mol. The van der Waals surface area contributed by atoms with Crippen LogP contribution in [0.1, 0.15) is 0 Å². The van der Waals surface area contributed by atoms with Gasteiger partial charge >= 0.3 is 17.1 Å². The molecule has 7 heteroatoms. The summed E-state index contributed by atoms with van der Waals surface area (Å²) in [5.41, 5.74) is -2.47. The van der Waals surface area contributed by atoms with Gasteiger partial charge in [0.15, 0.2) is 0 Å². The smallest absolute Gasteiger partial charge is 0.258 e. The first-order chi connectivity index (χ1) is 7.18. The summed E-state index contributed by atoms with van der Waals surface area (Å²) in [7, 11) is 0. The molecule has 2 aromatic heterocycles. The predicted octanol–water partition coefficient (Wildman–Crippen LogP) is -1.39. The van der Waals surface area contributed by atoms with E-state index in [2.05, 4.69) is 4.98 Å². The van der Waals surface area contributed by atoms with Crippen LogP contribution in [0.5, 0.6) is 0 Å². The normalized spacial score (nSPS) is 10.1. The van der Waals surface area contributed by atoms with Crippen molar-refractivity contribution < 1.29 is 0 Å². The summed E-state index contributed by atoms with van der Waals surface area (Å²) in [6.45, 7) is 0. The number of nitrogens with zero attached hydrogens (tertiary/aromatic N) is 2. The summed E-state index contributed by atoms with van der Waals surface area (Å²) in [5.74, 6) is 0.153. The first-order valence-corrected chi connectivity index (χ1v) is 4.05. The van der Waals surface area contributed by atoms with Crippen LogP contribution in [0.3, 0.4) is 0 Å². The molecule has 0 fully saturated rings. The van der Waals surface area contributed by atoms with Crippen LogP contribution < -0.4 is 17.1 Å². The summed E-state index contributed by atoms with van der Waals surface area (Å²) in [4.78, 5) is 41.1. The van der Waals surface area contributed by atoms with Crippen molar-refractivity contribution >= 4 is 0 Å². The van der Waals surface area contributed by atoms with Gasteiger partial charge in [-0.05, 0) is 12.1 Å². The Hall–Kier alpha value is -2.44. The van der Waals surface area contributed by atoms with E-state index in [1.54, 1.807) is 12.1 Å². The van der Waals surface area contributed by atoms with E-state index in [4.69, 9.17) is 0 Å². The number of nitrogens with one attached hydrogen (secondary N) is 2. The van der Waals surface area contributed by atoms with Crippen molar-refractivity contribution in [1.29, 1.82) is 0 Å². The Labute approximate surface area is 82.1 Å². The van der Waals surface area contributed by atoms with Crippen LogP contribution in [-0.2, 0) is 0 Å². The molecule has 7 nitrogen and oxygen atoms in total. The Balaban J connectivity index is 2.81. The SMILES string of the molecule is O=c1[nH]c(=O)n(-c2ccccn2)c(=O)[nH]1. The van der Waals surface area contributed by atoms with E-state index in [-0.39, 0.29) is 5.82 Å². The Morgan fingerprint density at radius 2 is 1.73 bits per heavy atom. The van der Waals surface area contributed by atoms with Crippen molar-refractivity contribution in [2.45, 2.75) is 0 Å². The second kappa shape index (κ2) is 3.37. The fraction of sp³-hybridized carbons (Fsp3) is 0. The lowest BCUT2D eigenvalue weighted by molar-refractivity contribution is 0.767. The minimum absolute atomic E-state index is 0.153. The molecule has 0 aliphatic heterocycles. The maximum Gasteiger partial charge on any atom is 0.339 e. The highest BCUT2D eigenvalue weighted by atomic mass is 16.2. The molecule has 2 heterocycles. The number of pyridine rings is 1. The molecule has 2 aromatic rings. The maximum absolute atomic E-state index is 11.3. The fourth-order valence-corrected chi connectivity index (χ4v) is 1.12. The molecule has 2 rings (SSSR count). The van der Waals surface area contributed by atoms with Gasteiger partial charge in [0.25, 0.3) is 0 Å². The number of H-pyrrole nitrogens is 2. The van der Waals surface area contributed by atoms with E-state index in [0.29, 0.717) is 0 Å². The number of rotatable bonds is 1. The summed E-state index contributed by atoms with van der Waals surface area (Å²) in [6, 6.07) is 4.75. The zero-order valence-electron chi connectivity index (χ0n) is 7.43. The third-order valence-corrected chi connectivity index (χ3v) is 1.73. The molecule has 0 aromatic carbocycles. The Bertz CT molecular complexity index is 603. The zero-order chi connectivity index (χ0) is 10.8. The van der Waals surface area contributed by atoms with Crippen LogP contribution in [0.15, 0.2) is 38.8 Å². The topological polar surface area (TPSA) is 101 Å². The molecule has 0 atom stereocenters. The van der Waals surface area contributed by atoms with E-state index >= 15 is 0 Å². The lowest BCUT2D eigenvalue weighted by Gasteiger charge is -1.99. The third kappa shape index (κ3) is 1.62. The van der Waals surface area contributed by atoms with Crippen molar-refractivity contribution in [3.8, 4) is 5.82 Å². The minimum Gasteiger partial charge on any atom is -0.258 e. The van der Waals surface area contributed by atoms with Gasteiger partial charge in [0.05, 0.1) is 0 Å². The average Bonchev–Trinajstić information content (AvgIpc) is 2.17. The molecular weight excluding hydrogens is 200 g/mol. The van der Waals surface area contributed by atoms with E-state index in [1.807, 2.05) is 9.97 Å². The fourth-order valence-electron chi connectivity index (χ4n) is 1.12. The van der Waals surface area contributed by atoms with Crippen molar-refractivity contribution in [1.82, 2.24) is 19.5 Å². The van der Waals surface area contributed by atoms with Gasteiger partial charge in [-0.1, -0.05) is 6.07 Å². The van der Waals surface area contributed by atoms with Gasteiger partial charge in [-0.3, -0.25) is 9.97 Å². The monoisotopic (exact) mass is 206 g/mol. The van der Waals surface area contributed by atoms with E-state index < -0.39 is 17.1 Å². The molecule has 0 spiro atoms. The molecule has 76 valence electrons. The summed E-state index contributed by atoms with van der Waals surface area (Å²) in [5, 5.41) is 0. The van der Waals surface area contributed by atoms with Crippen LogP contribution in [0.4, 0.5) is 0 Å². The lowest BCUT2D eigenvalue weighted by Crippen LogP contribution is -2.42. The van der Waals surface area contributed by atoms with Crippen molar-refractivity contribution in [3.05, 3.63) is 55.8 Å². The molecule has 0 saturated carbocycles. The molecular formula is C8H6N4O3. The van der Waals surface area contributed by atoms with Crippen molar-refractivity contribution in [2.75, 3.05) is 0 Å². The van der Waals surface area contributed by atoms with Crippen molar-refractivity contribution in [3.63, 3.8) is 0 Å². The van der Waals surface area contributed by atoms with Crippen molar-refractivity contribution in [2.24, 2.45) is 0 Å².